The van der Waals surface area contributed by atoms with Crippen LogP contribution in [0.25, 0.3) is 15.9 Å². The molecule has 1 amide bonds. The molecule has 4 rings (SSSR count). The van der Waals surface area contributed by atoms with Gasteiger partial charge >= 0.3 is 0 Å². The Balaban J connectivity index is 1.27. The maximum Gasteiger partial charge on any atom is 0.246 e. The van der Waals surface area contributed by atoms with Gasteiger partial charge in [0.05, 0.1) is 29.2 Å². The normalized spacial score (nSPS) is 12.2. The number of hydrogen-bond acceptors (Lipinski definition) is 5. The molecule has 0 saturated carbocycles. The highest BCUT2D eigenvalue weighted by Crippen LogP contribution is 2.22. The topological polar surface area (TPSA) is 69.0 Å². The van der Waals surface area contributed by atoms with Crippen molar-refractivity contribution in [2.75, 3.05) is 6.61 Å². The lowest BCUT2D eigenvalue weighted by atomic mass is 10.1. The molecule has 0 spiro atoms. The van der Waals surface area contributed by atoms with E-state index in [0.29, 0.717) is 6.61 Å². The van der Waals surface area contributed by atoms with E-state index in [-0.39, 0.29) is 18.6 Å². The maximum atomic E-state index is 12.2. The molecule has 6 nitrogen and oxygen atoms in total. The van der Waals surface area contributed by atoms with Crippen LogP contribution in [-0.4, -0.2) is 27.0 Å². The zero-order valence-electron chi connectivity index (χ0n) is 15.4. The fourth-order valence-corrected chi connectivity index (χ4v) is 3.83. The van der Waals surface area contributed by atoms with Gasteiger partial charge in [-0.3, -0.25) is 4.79 Å². The minimum atomic E-state index is -0.146. The van der Waals surface area contributed by atoms with Gasteiger partial charge in [-0.15, -0.1) is 11.3 Å². The van der Waals surface area contributed by atoms with Gasteiger partial charge in [0.15, 0.2) is 0 Å². The minimum absolute atomic E-state index is 0.00733. The first-order valence-electron chi connectivity index (χ1n) is 8.99. The Morgan fingerprint density at radius 2 is 2.04 bits per heavy atom. The van der Waals surface area contributed by atoms with Crippen LogP contribution in [0.5, 0.6) is 0 Å². The molecule has 28 heavy (non-hydrogen) atoms. The van der Waals surface area contributed by atoms with Crippen LogP contribution in [0.2, 0.25) is 0 Å². The van der Waals surface area contributed by atoms with E-state index >= 15 is 0 Å². The molecule has 0 bridgehead atoms. The van der Waals surface area contributed by atoms with E-state index < -0.39 is 0 Å². The molecule has 1 N–H and O–H groups in total. The standard InChI is InChI=1S/C21H20N4O2S/c1-15(16-6-8-17(9-7-16)25-11-10-22-14-25)23-20(26)12-27-13-21-24-18-4-2-3-5-19(18)28-21/h2-11,14-15H,12-13H2,1H3,(H,23,26)/t15-/m1/s1. The molecule has 0 unspecified atom stereocenters. The lowest BCUT2D eigenvalue weighted by molar-refractivity contribution is -0.126. The Morgan fingerprint density at radius 3 is 2.79 bits per heavy atom. The van der Waals surface area contributed by atoms with Crippen molar-refractivity contribution >= 4 is 27.5 Å². The van der Waals surface area contributed by atoms with Crippen LogP contribution in [0, 0.1) is 0 Å². The number of para-hydroxylation sites is 1. The largest absolute Gasteiger partial charge is 0.364 e. The molecule has 0 aliphatic carbocycles. The highest BCUT2D eigenvalue weighted by molar-refractivity contribution is 7.18. The third kappa shape index (κ3) is 4.27. The number of benzene rings is 2. The van der Waals surface area contributed by atoms with Crippen LogP contribution < -0.4 is 5.32 Å². The van der Waals surface area contributed by atoms with E-state index in [9.17, 15) is 4.79 Å². The molecule has 0 saturated heterocycles. The minimum Gasteiger partial charge on any atom is -0.364 e. The fourth-order valence-electron chi connectivity index (χ4n) is 2.93. The smallest absolute Gasteiger partial charge is 0.246 e. The van der Waals surface area contributed by atoms with Crippen LogP contribution in [-0.2, 0) is 16.1 Å². The molecule has 2 aromatic carbocycles. The third-order valence-corrected chi connectivity index (χ3v) is 5.38. The number of thiazole rings is 1. The van der Waals surface area contributed by atoms with Gasteiger partial charge in [-0.2, -0.15) is 0 Å². The molecular weight excluding hydrogens is 372 g/mol. The summed E-state index contributed by atoms with van der Waals surface area (Å²) in [5.41, 5.74) is 3.02. The van der Waals surface area contributed by atoms with Gasteiger partial charge in [0.2, 0.25) is 5.91 Å². The molecule has 0 fully saturated rings. The van der Waals surface area contributed by atoms with E-state index in [2.05, 4.69) is 15.3 Å². The Morgan fingerprint density at radius 1 is 1.21 bits per heavy atom. The second kappa shape index (κ2) is 8.33. The number of imidazole rings is 1. The Labute approximate surface area is 166 Å². The summed E-state index contributed by atoms with van der Waals surface area (Å²) in [5.74, 6) is -0.146. The number of carbonyl (C=O) groups excluding carboxylic acids is 1. The quantitative estimate of drug-likeness (QED) is 0.518. The van der Waals surface area contributed by atoms with Gasteiger partial charge < -0.3 is 14.6 Å². The van der Waals surface area contributed by atoms with Crippen LogP contribution >= 0.6 is 11.3 Å². The Bertz CT molecular complexity index is 1020. The van der Waals surface area contributed by atoms with Gasteiger partial charge in [-0.05, 0) is 36.8 Å². The average Bonchev–Trinajstić information content (AvgIpc) is 3.37. The molecule has 2 heterocycles. The summed E-state index contributed by atoms with van der Waals surface area (Å²) in [7, 11) is 0. The van der Waals surface area contributed by atoms with Gasteiger partial charge in [0, 0.05) is 18.1 Å². The van der Waals surface area contributed by atoms with Crippen molar-refractivity contribution in [1.82, 2.24) is 19.9 Å². The number of ether oxygens (including phenoxy) is 1. The zero-order valence-corrected chi connectivity index (χ0v) is 16.2. The van der Waals surface area contributed by atoms with Crippen LogP contribution in [0.15, 0.2) is 67.3 Å². The maximum absolute atomic E-state index is 12.2. The fraction of sp³-hybridized carbons (Fsp3) is 0.190. The van der Waals surface area contributed by atoms with Crippen molar-refractivity contribution in [3.63, 3.8) is 0 Å². The molecular formula is C21H20N4O2S. The number of hydrogen-bond donors (Lipinski definition) is 1. The molecule has 142 valence electrons. The van der Waals surface area contributed by atoms with Crippen molar-refractivity contribution in [2.45, 2.75) is 19.6 Å². The number of aromatic nitrogens is 3. The summed E-state index contributed by atoms with van der Waals surface area (Å²) in [6.45, 7) is 2.30. The molecule has 0 aliphatic rings. The van der Waals surface area contributed by atoms with Gasteiger partial charge in [0.25, 0.3) is 0 Å². The third-order valence-electron chi connectivity index (χ3n) is 4.37. The van der Waals surface area contributed by atoms with E-state index in [4.69, 9.17) is 4.74 Å². The first kappa shape index (κ1) is 18.3. The first-order valence-corrected chi connectivity index (χ1v) is 9.80. The molecule has 4 aromatic rings. The van der Waals surface area contributed by atoms with Crippen LogP contribution in [0.4, 0.5) is 0 Å². The summed E-state index contributed by atoms with van der Waals surface area (Å²) >= 11 is 1.59. The SMILES string of the molecule is C[C@@H](NC(=O)COCc1nc2ccccc2s1)c1ccc(-n2ccnc2)cc1. The van der Waals surface area contributed by atoms with Crippen LogP contribution in [0.3, 0.4) is 0 Å². The number of rotatable bonds is 7. The van der Waals surface area contributed by atoms with Gasteiger partial charge in [-0.25, -0.2) is 9.97 Å². The number of fused-ring (bicyclic) bond motifs is 1. The molecule has 7 heteroatoms. The van der Waals surface area contributed by atoms with E-state index in [1.54, 1.807) is 23.9 Å². The summed E-state index contributed by atoms with van der Waals surface area (Å²) in [6.07, 6.45) is 5.39. The van der Waals surface area contributed by atoms with Crippen molar-refractivity contribution in [3.05, 3.63) is 77.8 Å². The van der Waals surface area contributed by atoms with E-state index in [1.165, 1.54) is 0 Å². The predicted molar refractivity (Wildman–Crippen MR) is 109 cm³/mol. The zero-order chi connectivity index (χ0) is 19.3. The number of carbonyl (C=O) groups is 1. The van der Waals surface area contributed by atoms with Crippen LogP contribution in [0.1, 0.15) is 23.5 Å². The molecule has 1 atom stereocenters. The lowest BCUT2D eigenvalue weighted by Crippen LogP contribution is -2.30. The molecule has 0 aliphatic heterocycles. The average molecular weight is 392 g/mol. The van der Waals surface area contributed by atoms with Crippen molar-refractivity contribution < 1.29 is 9.53 Å². The number of amides is 1. The predicted octanol–water partition coefficient (Wildman–Crippen LogP) is 3.88. The second-order valence-electron chi connectivity index (χ2n) is 6.42. The number of nitrogens with zero attached hydrogens (tertiary/aromatic N) is 3. The summed E-state index contributed by atoms with van der Waals surface area (Å²) in [4.78, 5) is 20.7. The van der Waals surface area contributed by atoms with Crippen molar-refractivity contribution in [1.29, 1.82) is 0 Å². The first-order chi connectivity index (χ1) is 13.7. The van der Waals surface area contributed by atoms with Gasteiger partial charge in [0.1, 0.15) is 11.6 Å². The molecule has 0 radical (unpaired) electrons. The molecule has 2 aromatic heterocycles. The van der Waals surface area contributed by atoms with Crippen molar-refractivity contribution in [3.8, 4) is 5.69 Å². The summed E-state index contributed by atoms with van der Waals surface area (Å²) in [5, 5.41) is 3.84. The van der Waals surface area contributed by atoms with E-state index in [0.717, 1.165) is 26.5 Å². The highest BCUT2D eigenvalue weighted by atomic mass is 32.1. The van der Waals surface area contributed by atoms with Gasteiger partial charge in [-0.1, -0.05) is 24.3 Å². The monoisotopic (exact) mass is 392 g/mol. The summed E-state index contributed by atoms with van der Waals surface area (Å²) < 4.78 is 8.60. The highest BCUT2D eigenvalue weighted by Gasteiger charge is 2.11. The number of nitrogens with one attached hydrogen (secondary N) is 1. The Hall–Kier alpha value is -3.03. The second-order valence-corrected chi connectivity index (χ2v) is 7.53. The van der Waals surface area contributed by atoms with Crippen molar-refractivity contribution in [2.24, 2.45) is 0 Å². The lowest BCUT2D eigenvalue weighted by Gasteiger charge is -2.15. The summed E-state index contributed by atoms with van der Waals surface area (Å²) in [6, 6.07) is 15.9. The Kier molecular flexibility index (Phi) is 5.45. The van der Waals surface area contributed by atoms with E-state index in [1.807, 2.05) is 66.2 Å².